The van der Waals surface area contributed by atoms with E-state index in [4.69, 9.17) is 9.47 Å². The van der Waals surface area contributed by atoms with Crippen LogP contribution in [0.1, 0.15) is 6.92 Å². The first-order chi connectivity index (χ1) is 12.0. The van der Waals surface area contributed by atoms with Crippen LogP contribution in [0.4, 0.5) is 11.4 Å². The molecule has 0 aliphatic carbocycles. The molecule has 0 saturated heterocycles. The number of carbonyl (C=O) groups excluding carboxylic acids is 1. The minimum atomic E-state index is -0.559. The van der Waals surface area contributed by atoms with E-state index in [2.05, 4.69) is 11.9 Å². The minimum Gasteiger partial charge on any atom is -0.489 e. The summed E-state index contributed by atoms with van der Waals surface area (Å²) in [6.07, 6.45) is 0. The Bertz CT molecular complexity index is 771. The molecular weight excluding hydrogens is 324 g/mol. The molecule has 7 nitrogen and oxygen atoms in total. The smallest absolute Gasteiger partial charge is 0.310 e. The zero-order valence-electron chi connectivity index (χ0n) is 13.7. The first-order valence-corrected chi connectivity index (χ1v) is 7.49. The van der Waals surface area contributed by atoms with Gasteiger partial charge in [0.05, 0.1) is 4.92 Å². The molecule has 0 heterocycles. The van der Waals surface area contributed by atoms with Crippen LogP contribution >= 0.6 is 0 Å². The van der Waals surface area contributed by atoms with Crippen LogP contribution in [-0.4, -0.2) is 24.0 Å². The Labute approximate surface area is 145 Å². The van der Waals surface area contributed by atoms with Gasteiger partial charge in [-0.2, -0.15) is 0 Å². The van der Waals surface area contributed by atoms with E-state index in [-0.39, 0.29) is 18.0 Å². The van der Waals surface area contributed by atoms with Crippen molar-refractivity contribution in [1.82, 2.24) is 0 Å². The molecule has 0 aliphatic rings. The average molecular weight is 342 g/mol. The third kappa shape index (κ3) is 5.65. The first-order valence-electron chi connectivity index (χ1n) is 7.49. The minimum absolute atomic E-state index is 0.0474. The summed E-state index contributed by atoms with van der Waals surface area (Å²) in [5.41, 5.74) is 1.29. The molecule has 1 N–H and O–H groups in total. The summed E-state index contributed by atoms with van der Waals surface area (Å²) in [6, 6.07) is 12.7. The topological polar surface area (TPSA) is 90.7 Å². The molecule has 0 aliphatic heterocycles. The van der Waals surface area contributed by atoms with Gasteiger partial charge in [0, 0.05) is 11.8 Å². The van der Waals surface area contributed by atoms with Crippen molar-refractivity contribution >= 4 is 17.3 Å². The summed E-state index contributed by atoms with van der Waals surface area (Å²) in [5.74, 6) is 0.289. The summed E-state index contributed by atoms with van der Waals surface area (Å²) >= 11 is 0. The van der Waals surface area contributed by atoms with E-state index in [1.807, 2.05) is 6.92 Å². The maximum absolute atomic E-state index is 11.9. The number of anilines is 1. The lowest BCUT2D eigenvalue weighted by atomic mass is 10.3. The third-order valence-electron chi connectivity index (χ3n) is 3.04. The van der Waals surface area contributed by atoms with Gasteiger partial charge in [-0.05, 0) is 42.8 Å². The molecule has 0 atom stereocenters. The van der Waals surface area contributed by atoms with E-state index >= 15 is 0 Å². The molecule has 0 fully saturated rings. The molecule has 0 saturated carbocycles. The van der Waals surface area contributed by atoms with Gasteiger partial charge in [0.15, 0.2) is 12.4 Å². The Morgan fingerprint density at radius 1 is 1.12 bits per heavy atom. The largest absolute Gasteiger partial charge is 0.489 e. The van der Waals surface area contributed by atoms with Gasteiger partial charge < -0.3 is 14.8 Å². The lowest BCUT2D eigenvalue weighted by Crippen LogP contribution is -2.20. The SMILES string of the molecule is C=C(C)COc1ccc(NC(=O)COc2ccccc2[N+](=O)[O-])cc1. The van der Waals surface area contributed by atoms with E-state index in [0.717, 1.165) is 5.57 Å². The number of nitro groups is 1. The highest BCUT2D eigenvalue weighted by atomic mass is 16.6. The van der Waals surface area contributed by atoms with Crippen LogP contribution in [0.5, 0.6) is 11.5 Å². The number of benzene rings is 2. The van der Waals surface area contributed by atoms with Crippen molar-refractivity contribution in [1.29, 1.82) is 0 Å². The number of carbonyl (C=O) groups is 1. The molecule has 1 amide bonds. The highest BCUT2D eigenvalue weighted by molar-refractivity contribution is 5.91. The normalized spacial score (nSPS) is 9.96. The van der Waals surface area contributed by atoms with Gasteiger partial charge in [0.2, 0.25) is 0 Å². The maximum Gasteiger partial charge on any atom is 0.310 e. The molecule has 0 radical (unpaired) electrons. The lowest BCUT2D eigenvalue weighted by Gasteiger charge is -2.09. The maximum atomic E-state index is 11.9. The summed E-state index contributed by atoms with van der Waals surface area (Å²) in [4.78, 5) is 22.3. The van der Waals surface area contributed by atoms with Crippen LogP contribution in [-0.2, 0) is 4.79 Å². The third-order valence-corrected chi connectivity index (χ3v) is 3.04. The predicted octanol–water partition coefficient (Wildman–Crippen LogP) is 3.57. The van der Waals surface area contributed by atoms with Crippen LogP contribution < -0.4 is 14.8 Å². The fraction of sp³-hybridized carbons (Fsp3) is 0.167. The van der Waals surface area contributed by atoms with Gasteiger partial charge >= 0.3 is 5.69 Å². The average Bonchev–Trinajstić information content (AvgIpc) is 2.59. The van der Waals surface area contributed by atoms with E-state index in [1.54, 1.807) is 30.3 Å². The molecule has 2 aromatic carbocycles. The van der Waals surface area contributed by atoms with Crippen molar-refractivity contribution in [2.75, 3.05) is 18.5 Å². The number of para-hydroxylation sites is 2. The monoisotopic (exact) mass is 342 g/mol. The van der Waals surface area contributed by atoms with Gasteiger partial charge in [-0.15, -0.1) is 0 Å². The fourth-order valence-electron chi connectivity index (χ4n) is 1.91. The number of nitro benzene ring substituents is 1. The van der Waals surface area contributed by atoms with E-state index in [1.165, 1.54) is 18.2 Å². The number of nitrogens with zero attached hydrogens (tertiary/aromatic N) is 1. The van der Waals surface area contributed by atoms with Gasteiger partial charge in [-0.1, -0.05) is 18.7 Å². The quantitative estimate of drug-likeness (QED) is 0.450. The second-order valence-corrected chi connectivity index (χ2v) is 5.33. The molecule has 25 heavy (non-hydrogen) atoms. The molecule has 0 bridgehead atoms. The number of rotatable bonds is 8. The van der Waals surface area contributed by atoms with Crippen molar-refractivity contribution in [3.8, 4) is 11.5 Å². The molecule has 2 rings (SSSR count). The van der Waals surface area contributed by atoms with Crippen molar-refractivity contribution < 1.29 is 19.2 Å². The zero-order chi connectivity index (χ0) is 18.2. The number of ether oxygens (including phenoxy) is 2. The molecule has 0 aromatic heterocycles. The Kier molecular flexibility index (Phi) is 6.11. The molecule has 130 valence electrons. The van der Waals surface area contributed by atoms with E-state index in [9.17, 15) is 14.9 Å². The van der Waals surface area contributed by atoms with Gasteiger partial charge in [0.25, 0.3) is 5.91 Å². The highest BCUT2D eigenvalue weighted by Gasteiger charge is 2.14. The Balaban J connectivity index is 1.88. The lowest BCUT2D eigenvalue weighted by molar-refractivity contribution is -0.385. The summed E-state index contributed by atoms with van der Waals surface area (Å²) in [5, 5.41) is 13.5. The Hall–Kier alpha value is -3.35. The van der Waals surface area contributed by atoms with Crippen molar-refractivity contribution in [2.24, 2.45) is 0 Å². The van der Waals surface area contributed by atoms with Crippen molar-refractivity contribution in [2.45, 2.75) is 6.92 Å². The second-order valence-electron chi connectivity index (χ2n) is 5.33. The Morgan fingerprint density at radius 3 is 2.44 bits per heavy atom. The van der Waals surface area contributed by atoms with E-state index < -0.39 is 10.8 Å². The molecule has 0 spiro atoms. The number of hydrogen-bond donors (Lipinski definition) is 1. The molecule has 7 heteroatoms. The van der Waals surface area contributed by atoms with Gasteiger partial charge in [0.1, 0.15) is 12.4 Å². The van der Waals surface area contributed by atoms with Crippen LogP contribution in [0.15, 0.2) is 60.7 Å². The summed E-state index contributed by atoms with van der Waals surface area (Å²) < 4.78 is 10.7. The number of amides is 1. The summed E-state index contributed by atoms with van der Waals surface area (Å²) in [7, 11) is 0. The molecular formula is C18H18N2O5. The highest BCUT2D eigenvalue weighted by Crippen LogP contribution is 2.25. The summed E-state index contributed by atoms with van der Waals surface area (Å²) in [6.45, 7) is 5.71. The van der Waals surface area contributed by atoms with Crippen LogP contribution in [0, 0.1) is 10.1 Å². The van der Waals surface area contributed by atoms with Gasteiger partial charge in [-0.25, -0.2) is 0 Å². The molecule has 2 aromatic rings. The van der Waals surface area contributed by atoms with Crippen molar-refractivity contribution in [3.05, 3.63) is 70.8 Å². The zero-order valence-corrected chi connectivity index (χ0v) is 13.7. The fourth-order valence-corrected chi connectivity index (χ4v) is 1.91. The van der Waals surface area contributed by atoms with Crippen LogP contribution in [0.2, 0.25) is 0 Å². The van der Waals surface area contributed by atoms with Crippen molar-refractivity contribution in [3.63, 3.8) is 0 Å². The number of nitrogens with one attached hydrogen (secondary N) is 1. The number of hydrogen-bond acceptors (Lipinski definition) is 5. The Morgan fingerprint density at radius 2 is 1.80 bits per heavy atom. The van der Waals surface area contributed by atoms with Crippen LogP contribution in [0.3, 0.4) is 0 Å². The second kappa shape index (κ2) is 8.49. The van der Waals surface area contributed by atoms with Crippen LogP contribution in [0.25, 0.3) is 0 Å². The molecule has 0 unspecified atom stereocenters. The van der Waals surface area contributed by atoms with Gasteiger partial charge in [-0.3, -0.25) is 14.9 Å². The first kappa shape index (κ1) is 18.0. The van der Waals surface area contributed by atoms with E-state index in [0.29, 0.717) is 18.0 Å². The standard InChI is InChI=1S/C18H18N2O5/c1-13(2)11-24-15-9-7-14(8-10-15)19-18(21)12-25-17-6-4-3-5-16(17)20(22)23/h3-10H,1,11-12H2,2H3,(H,19,21). The predicted molar refractivity (Wildman–Crippen MR) is 94.0 cm³/mol.